The molecule has 4 rings (SSSR count). The van der Waals surface area contributed by atoms with Crippen molar-refractivity contribution in [1.82, 2.24) is 20.1 Å². The lowest BCUT2D eigenvalue weighted by Gasteiger charge is -2.15. The average molecular weight is 405 g/mol. The van der Waals surface area contributed by atoms with Crippen LogP contribution in [0.5, 0.6) is 0 Å². The summed E-state index contributed by atoms with van der Waals surface area (Å²) < 4.78 is 1.75. The predicted octanol–water partition coefficient (Wildman–Crippen LogP) is 5.18. The van der Waals surface area contributed by atoms with Crippen LogP contribution in [-0.4, -0.2) is 20.7 Å². The van der Waals surface area contributed by atoms with E-state index >= 15 is 0 Å². The van der Waals surface area contributed by atoms with Crippen LogP contribution in [0.3, 0.4) is 0 Å². The molecule has 0 saturated carbocycles. The van der Waals surface area contributed by atoms with Crippen LogP contribution in [0.1, 0.15) is 40.1 Å². The number of pyridine rings is 1. The standard InChI is InChI=1S/C23H21ClN4O/c1-14-9-11-18(12-10-14)28-22-20(16(3)27-28)21(24)19(13-25-22)23(29)26-15(2)17-7-5-4-6-8-17/h4-13,15H,1-3H3,(H,26,29). The van der Waals surface area contributed by atoms with Gasteiger partial charge in [0.25, 0.3) is 5.91 Å². The number of nitrogens with zero attached hydrogens (tertiary/aromatic N) is 3. The Hall–Kier alpha value is -3.18. The molecule has 2 aromatic heterocycles. The van der Waals surface area contributed by atoms with E-state index in [2.05, 4.69) is 15.4 Å². The molecule has 0 radical (unpaired) electrons. The van der Waals surface area contributed by atoms with Crippen molar-refractivity contribution >= 4 is 28.5 Å². The van der Waals surface area contributed by atoms with Crippen LogP contribution in [0, 0.1) is 13.8 Å². The summed E-state index contributed by atoms with van der Waals surface area (Å²) in [5, 5.41) is 8.64. The zero-order valence-corrected chi connectivity index (χ0v) is 17.2. The second-order valence-electron chi connectivity index (χ2n) is 7.12. The minimum absolute atomic E-state index is 0.146. The molecule has 0 bridgehead atoms. The van der Waals surface area contributed by atoms with Crippen LogP contribution in [-0.2, 0) is 0 Å². The number of carbonyl (C=O) groups excluding carboxylic acids is 1. The van der Waals surface area contributed by atoms with Gasteiger partial charge < -0.3 is 5.32 Å². The van der Waals surface area contributed by atoms with Crippen molar-refractivity contribution in [1.29, 1.82) is 0 Å². The summed E-state index contributed by atoms with van der Waals surface area (Å²) in [6.45, 7) is 5.84. The summed E-state index contributed by atoms with van der Waals surface area (Å²) in [5.41, 5.74) is 4.78. The van der Waals surface area contributed by atoms with Crippen molar-refractivity contribution in [2.45, 2.75) is 26.8 Å². The summed E-state index contributed by atoms with van der Waals surface area (Å²) in [4.78, 5) is 17.4. The average Bonchev–Trinajstić information content (AvgIpc) is 3.06. The van der Waals surface area contributed by atoms with E-state index in [-0.39, 0.29) is 11.9 Å². The number of hydrogen-bond donors (Lipinski definition) is 1. The summed E-state index contributed by atoms with van der Waals surface area (Å²) in [6.07, 6.45) is 1.52. The fourth-order valence-corrected chi connectivity index (χ4v) is 3.69. The van der Waals surface area contributed by atoms with Gasteiger partial charge in [0.2, 0.25) is 0 Å². The Balaban J connectivity index is 1.70. The lowest BCUT2D eigenvalue weighted by molar-refractivity contribution is 0.0940. The topological polar surface area (TPSA) is 59.8 Å². The van der Waals surface area contributed by atoms with Gasteiger partial charge in [0.15, 0.2) is 5.65 Å². The maximum Gasteiger partial charge on any atom is 0.254 e. The molecule has 0 aliphatic heterocycles. The molecule has 6 heteroatoms. The molecule has 0 aliphatic rings. The Labute approximate surface area is 174 Å². The molecule has 2 aromatic carbocycles. The van der Waals surface area contributed by atoms with Crippen LogP contribution in [0.4, 0.5) is 0 Å². The first-order valence-corrected chi connectivity index (χ1v) is 9.80. The van der Waals surface area contributed by atoms with Gasteiger partial charge in [-0.25, -0.2) is 9.67 Å². The number of rotatable bonds is 4. The highest BCUT2D eigenvalue weighted by molar-refractivity contribution is 6.38. The van der Waals surface area contributed by atoms with Gasteiger partial charge in [-0.05, 0) is 38.5 Å². The second kappa shape index (κ2) is 7.68. The highest BCUT2D eigenvalue weighted by atomic mass is 35.5. The summed E-state index contributed by atoms with van der Waals surface area (Å²) in [6, 6.07) is 17.7. The molecule has 0 spiro atoms. The maximum absolute atomic E-state index is 12.9. The molecule has 1 N–H and O–H groups in total. The minimum atomic E-state index is -0.261. The predicted molar refractivity (Wildman–Crippen MR) is 116 cm³/mol. The molecule has 146 valence electrons. The quantitative estimate of drug-likeness (QED) is 0.509. The van der Waals surface area contributed by atoms with Crippen LogP contribution in [0.25, 0.3) is 16.7 Å². The Bertz CT molecular complexity index is 1180. The first-order chi connectivity index (χ1) is 14.0. The van der Waals surface area contributed by atoms with Crippen molar-refractivity contribution in [2.24, 2.45) is 0 Å². The van der Waals surface area contributed by atoms with Crippen LogP contribution in [0.2, 0.25) is 5.02 Å². The van der Waals surface area contributed by atoms with Gasteiger partial charge in [-0.2, -0.15) is 5.10 Å². The van der Waals surface area contributed by atoms with Gasteiger partial charge in [0.1, 0.15) is 0 Å². The van der Waals surface area contributed by atoms with Gasteiger partial charge in [0, 0.05) is 6.20 Å². The van der Waals surface area contributed by atoms with E-state index in [4.69, 9.17) is 11.6 Å². The number of benzene rings is 2. The van der Waals surface area contributed by atoms with E-state index in [0.717, 1.165) is 16.9 Å². The molecule has 1 unspecified atom stereocenters. The van der Waals surface area contributed by atoms with Crippen molar-refractivity contribution in [3.05, 3.63) is 88.2 Å². The van der Waals surface area contributed by atoms with Crippen molar-refractivity contribution in [2.75, 3.05) is 0 Å². The Morgan fingerprint density at radius 3 is 2.45 bits per heavy atom. The molecule has 2 heterocycles. The zero-order chi connectivity index (χ0) is 20.5. The number of amides is 1. The molecular formula is C23H21ClN4O. The third kappa shape index (κ3) is 3.61. The van der Waals surface area contributed by atoms with Crippen molar-refractivity contribution in [3.63, 3.8) is 0 Å². The zero-order valence-electron chi connectivity index (χ0n) is 16.5. The largest absolute Gasteiger partial charge is 0.345 e. The molecular weight excluding hydrogens is 384 g/mol. The Kier molecular flexibility index (Phi) is 5.07. The van der Waals surface area contributed by atoms with E-state index in [1.807, 2.05) is 75.4 Å². The molecule has 1 atom stereocenters. The number of carbonyl (C=O) groups is 1. The minimum Gasteiger partial charge on any atom is -0.345 e. The van der Waals surface area contributed by atoms with E-state index in [1.165, 1.54) is 11.8 Å². The number of nitrogens with one attached hydrogen (secondary N) is 1. The van der Waals surface area contributed by atoms with Crippen LogP contribution >= 0.6 is 11.6 Å². The lowest BCUT2D eigenvalue weighted by atomic mass is 10.1. The van der Waals surface area contributed by atoms with Gasteiger partial charge in [-0.3, -0.25) is 4.79 Å². The molecule has 5 nitrogen and oxygen atoms in total. The van der Waals surface area contributed by atoms with Crippen LogP contribution < -0.4 is 5.32 Å². The maximum atomic E-state index is 12.9. The monoisotopic (exact) mass is 404 g/mol. The first-order valence-electron chi connectivity index (χ1n) is 9.42. The third-order valence-corrected chi connectivity index (χ3v) is 5.37. The molecule has 29 heavy (non-hydrogen) atoms. The fraction of sp³-hybridized carbons (Fsp3) is 0.174. The molecule has 0 fully saturated rings. The highest BCUT2D eigenvalue weighted by Crippen LogP contribution is 2.30. The smallest absolute Gasteiger partial charge is 0.254 e. The number of aryl methyl sites for hydroxylation is 2. The molecule has 0 aliphatic carbocycles. The van der Waals surface area contributed by atoms with Gasteiger partial charge in [-0.15, -0.1) is 0 Å². The number of hydrogen-bond acceptors (Lipinski definition) is 3. The lowest BCUT2D eigenvalue weighted by Crippen LogP contribution is -2.27. The van der Waals surface area contributed by atoms with E-state index < -0.39 is 0 Å². The third-order valence-electron chi connectivity index (χ3n) is 4.98. The SMILES string of the molecule is Cc1ccc(-n2nc(C)c3c(Cl)c(C(=O)NC(C)c4ccccc4)cnc32)cc1. The summed E-state index contributed by atoms with van der Waals surface area (Å²) in [7, 11) is 0. The highest BCUT2D eigenvalue weighted by Gasteiger charge is 2.21. The molecule has 1 amide bonds. The molecule has 4 aromatic rings. The van der Waals surface area contributed by atoms with Gasteiger partial charge >= 0.3 is 0 Å². The number of aromatic nitrogens is 3. The van der Waals surface area contributed by atoms with Crippen molar-refractivity contribution in [3.8, 4) is 5.69 Å². The fourth-order valence-electron chi connectivity index (χ4n) is 3.33. The number of halogens is 1. The Morgan fingerprint density at radius 2 is 1.76 bits per heavy atom. The normalized spacial score (nSPS) is 12.1. The van der Waals surface area contributed by atoms with E-state index in [1.54, 1.807) is 4.68 Å². The van der Waals surface area contributed by atoms with Crippen LogP contribution in [0.15, 0.2) is 60.8 Å². The summed E-state index contributed by atoms with van der Waals surface area (Å²) >= 11 is 6.64. The van der Waals surface area contributed by atoms with Gasteiger partial charge in [-0.1, -0.05) is 59.6 Å². The number of fused-ring (bicyclic) bond motifs is 1. The second-order valence-corrected chi connectivity index (χ2v) is 7.50. The molecule has 0 saturated heterocycles. The Morgan fingerprint density at radius 1 is 1.07 bits per heavy atom. The van der Waals surface area contributed by atoms with E-state index in [9.17, 15) is 4.79 Å². The summed E-state index contributed by atoms with van der Waals surface area (Å²) in [5.74, 6) is -0.261. The first kappa shape index (κ1) is 19.2. The van der Waals surface area contributed by atoms with Crippen molar-refractivity contribution < 1.29 is 4.79 Å². The van der Waals surface area contributed by atoms with Gasteiger partial charge in [0.05, 0.1) is 33.4 Å². The van der Waals surface area contributed by atoms with E-state index in [0.29, 0.717) is 21.6 Å².